The number of hydrogen-bond donors (Lipinski definition) is 0. The molecule has 0 radical (unpaired) electrons. The molecular formula is C15H24N2O4S. The van der Waals surface area contributed by atoms with Crippen molar-refractivity contribution in [2.24, 2.45) is 0 Å². The van der Waals surface area contributed by atoms with E-state index in [1.165, 1.54) is 0 Å². The number of furan rings is 1. The molecule has 2 aliphatic heterocycles. The summed E-state index contributed by atoms with van der Waals surface area (Å²) in [4.78, 5) is 0. The first-order chi connectivity index (χ1) is 10.6. The number of rotatable bonds is 5. The Morgan fingerprint density at radius 1 is 1.32 bits per heavy atom. The van der Waals surface area contributed by atoms with E-state index in [-0.39, 0.29) is 12.1 Å². The summed E-state index contributed by atoms with van der Waals surface area (Å²) in [6.07, 6.45) is 5.08. The van der Waals surface area contributed by atoms with Gasteiger partial charge in [0, 0.05) is 26.2 Å². The van der Waals surface area contributed by atoms with Crippen LogP contribution in [0.3, 0.4) is 0 Å². The predicted octanol–water partition coefficient (Wildman–Crippen LogP) is 2.16. The van der Waals surface area contributed by atoms with E-state index in [1.807, 2.05) is 19.1 Å². The van der Waals surface area contributed by atoms with E-state index in [0.29, 0.717) is 26.2 Å². The third kappa shape index (κ3) is 3.08. The molecule has 2 saturated heterocycles. The largest absolute Gasteiger partial charge is 0.468 e. The van der Waals surface area contributed by atoms with Gasteiger partial charge in [0.25, 0.3) is 10.2 Å². The standard InChI is InChI=1S/C15H24N2O4S/c1-2-20-13-6-3-9-16(12-13)22(18,19)17-10-4-7-14(17)15-8-5-11-21-15/h5,8,11,13-14H,2-4,6-7,9-10,12H2,1H3/t13-,14+/m1/s1. The molecule has 6 nitrogen and oxygen atoms in total. The van der Waals surface area contributed by atoms with Crippen LogP contribution < -0.4 is 0 Å². The molecule has 7 heteroatoms. The number of ether oxygens (including phenoxy) is 1. The van der Waals surface area contributed by atoms with Gasteiger partial charge in [0.2, 0.25) is 0 Å². The summed E-state index contributed by atoms with van der Waals surface area (Å²) in [5.41, 5.74) is 0. The quantitative estimate of drug-likeness (QED) is 0.831. The minimum absolute atomic E-state index is 0.0122. The maximum absolute atomic E-state index is 13.0. The first kappa shape index (κ1) is 16.0. The van der Waals surface area contributed by atoms with Crippen molar-refractivity contribution in [3.63, 3.8) is 0 Å². The molecule has 1 aromatic rings. The van der Waals surface area contributed by atoms with Crippen molar-refractivity contribution in [2.75, 3.05) is 26.2 Å². The third-order valence-corrected chi connectivity index (χ3v) is 6.46. The molecule has 0 spiro atoms. The van der Waals surface area contributed by atoms with Crippen molar-refractivity contribution in [1.29, 1.82) is 0 Å². The van der Waals surface area contributed by atoms with Crippen molar-refractivity contribution in [1.82, 2.24) is 8.61 Å². The van der Waals surface area contributed by atoms with Gasteiger partial charge in [-0.25, -0.2) is 0 Å². The minimum atomic E-state index is -3.46. The van der Waals surface area contributed by atoms with Crippen LogP contribution in [0.2, 0.25) is 0 Å². The highest BCUT2D eigenvalue weighted by Gasteiger charge is 2.41. The molecule has 0 amide bonds. The zero-order valence-corrected chi connectivity index (χ0v) is 13.8. The summed E-state index contributed by atoms with van der Waals surface area (Å²) < 4.78 is 40.2. The van der Waals surface area contributed by atoms with E-state index in [2.05, 4.69) is 0 Å². The van der Waals surface area contributed by atoms with Crippen molar-refractivity contribution in [3.8, 4) is 0 Å². The number of piperidine rings is 1. The van der Waals surface area contributed by atoms with Gasteiger partial charge in [0.15, 0.2) is 0 Å². The number of hydrogen-bond acceptors (Lipinski definition) is 4. The topological polar surface area (TPSA) is 63.0 Å². The molecule has 0 saturated carbocycles. The zero-order chi connectivity index (χ0) is 15.6. The Morgan fingerprint density at radius 3 is 2.86 bits per heavy atom. The van der Waals surface area contributed by atoms with Crippen molar-refractivity contribution in [3.05, 3.63) is 24.2 Å². The van der Waals surface area contributed by atoms with E-state index in [0.717, 1.165) is 31.4 Å². The highest BCUT2D eigenvalue weighted by atomic mass is 32.2. The summed E-state index contributed by atoms with van der Waals surface area (Å²) in [6, 6.07) is 3.50. The second kappa shape index (κ2) is 6.70. The molecule has 2 atom stereocenters. The predicted molar refractivity (Wildman–Crippen MR) is 82.5 cm³/mol. The van der Waals surface area contributed by atoms with Crippen LogP contribution in [-0.2, 0) is 14.9 Å². The Morgan fingerprint density at radius 2 is 2.14 bits per heavy atom. The Balaban J connectivity index is 1.77. The summed E-state index contributed by atoms with van der Waals surface area (Å²) in [5, 5.41) is 0. The third-order valence-electron chi connectivity index (χ3n) is 4.44. The lowest BCUT2D eigenvalue weighted by molar-refractivity contribution is 0.0249. The fourth-order valence-electron chi connectivity index (χ4n) is 3.42. The van der Waals surface area contributed by atoms with Crippen molar-refractivity contribution in [2.45, 2.75) is 44.8 Å². The van der Waals surface area contributed by atoms with Gasteiger partial charge in [-0.15, -0.1) is 0 Å². The van der Waals surface area contributed by atoms with Gasteiger partial charge in [0.05, 0.1) is 18.4 Å². The lowest BCUT2D eigenvalue weighted by atomic mass is 10.1. The van der Waals surface area contributed by atoms with Gasteiger partial charge < -0.3 is 9.15 Å². The molecule has 0 bridgehead atoms. The second-order valence-electron chi connectivity index (χ2n) is 5.87. The van der Waals surface area contributed by atoms with Gasteiger partial charge in [-0.05, 0) is 44.7 Å². The van der Waals surface area contributed by atoms with Crippen LogP contribution in [0, 0.1) is 0 Å². The van der Waals surface area contributed by atoms with Gasteiger partial charge in [-0.2, -0.15) is 17.0 Å². The maximum Gasteiger partial charge on any atom is 0.282 e. The van der Waals surface area contributed by atoms with Crippen LogP contribution in [0.4, 0.5) is 0 Å². The lowest BCUT2D eigenvalue weighted by Crippen LogP contribution is -2.49. The second-order valence-corrected chi connectivity index (χ2v) is 7.75. The van der Waals surface area contributed by atoms with Gasteiger partial charge >= 0.3 is 0 Å². The molecular weight excluding hydrogens is 304 g/mol. The van der Waals surface area contributed by atoms with Gasteiger partial charge in [-0.1, -0.05) is 0 Å². The van der Waals surface area contributed by atoms with Crippen LogP contribution in [0.25, 0.3) is 0 Å². The van der Waals surface area contributed by atoms with Crippen LogP contribution in [0.1, 0.15) is 44.4 Å². The van der Waals surface area contributed by atoms with E-state index >= 15 is 0 Å². The van der Waals surface area contributed by atoms with Crippen LogP contribution in [0.15, 0.2) is 22.8 Å². The molecule has 2 aliphatic rings. The average molecular weight is 328 g/mol. The van der Waals surface area contributed by atoms with Crippen LogP contribution in [-0.4, -0.2) is 49.4 Å². The Labute approximate surface area is 132 Å². The normalized spacial score (nSPS) is 28.2. The smallest absolute Gasteiger partial charge is 0.282 e. The summed E-state index contributed by atoms with van der Waals surface area (Å²) in [7, 11) is -3.46. The summed E-state index contributed by atoms with van der Waals surface area (Å²) in [5.74, 6) is 0.736. The average Bonchev–Trinajstić information content (AvgIpc) is 3.19. The van der Waals surface area contributed by atoms with Gasteiger partial charge in [-0.3, -0.25) is 0 Å². The number of nitrogens with zero attached hydrogens (tertiary/aromatic N) is 2. The molecule has 0 aliphatic carbocycles. The van der Waals surface area contributed by atoms with Crippen LogP contribution >= 0.6 is 0 Å². The molecule has 1 aromatic heterocycles. The maximum atomic E-state index is 13.0. The molecule has 0 N–H and O–H groups in total. The van der Waals surface area contributed by atoms with Crippen molar-refractivity contribution >= 4 is 10.2 Å². The summed E-state index contributed by atoms with van der Waals surface area (Å²) in [6.45, 7) is 4.16. The van der Waals surface area contributed by atoms with E-state index in [1.54, 1.807) is 14.9 Å². The zero-order valence-electron chi connectivity index (χ0n) is 13.0. The lowest BCUT2D eigenvalue weighted by Gasteiger charge is -2.35. The molecule has 3 heterocycles. The molecule has 22 heavy (non-hydrogen) atoms. The summed E-state index contributed by atoms with van der Waals surface area (Å²) >= 11 is 0. The Hall–Kier alpha value is -0.890. The van der Waals surface area contributed by atoms with E-state index < -0.39 is 10.2 Å². The Bertz CT molecular complexity index is 570. The molecule has 124 valence electrons. The highest BCUT2D eigenvalue weighted by molar-refractivity contribution is 7.86. The SMILES string of the molecule is CCO[C@@H]1CCCN(S(=O)(=O)N2CCC[C@H]2c2ccco2)C1. The molecule has 3 rings (SSSR count). The minimum Gasteiger partial charge on any atom is -0.468 e. The monoisotopic (exact) mass is 328 g/mol. The van der Waals surface area contributed by atoms with Crippen LogP contribution in [0.5, 0.6) is 0 Å². The Kier molecular flexibility index (Phi) is 4.87. The van der Waals surface area contributed by atoms with E-state index in [4.69, 9.17) is 9.15 Å². The molecule has 2 fully saturated rings. The highest BCUT2D eigenvalue weighted by Crippen LogP contribution is 2.36. The fraction of sp³-hybridized carbons (Fsp3) is 0.733. The van der Waals surface area contributed by atoms with Crippen molar-refractivity contribution < 1.29 is 17.6 Å². The molecule has 0 unspecified atom stereocenters. The van der Waals surface area contributed by atoms with E-state index in [9.17, 15) is 8.42 Å². The first-order valence-corrected chi connectivity index (χ1v) is 9.44. The molecule has 0 aromatic carbocycles. The fourth-order valence-corrected chi connectivity index (χ4v) is 5.32. The first-order valence-electron chi connectivity index (χ1n) is 8.05. The van der Waals surface area contributed by atoms with Gasteiger partial charge in [0.1, 0.15) is 5.76 Å².